The minimum atomic E-state index is -1.27. The van der Waals surface area contributed by atoms with E-state index >= 15 is 0 Å². The molecule has 0 aliphatic heterocycles. The Morgan fingerprint density at radius 3 is 2.52 bits per heavy atom. The Morgan fingerprint density at radius 1 is 1.14 bits per heavy atom. The first-order valence-electron chi connectivity index (χ1n) is 6.35. The quantitative estimate of drug-likeness (QED) is 0.754. The number of hydrogen-bond donors (Lipinski definition) is 0. The average molecular weight is 341 g/mol. The van der Waals surface area contributed by atoms with Gasteiger partial charge in [-0.05, 0) is 36.2 Å². The molecule has 21 heavy (non-hydrogen) atoms. The van der Waals surface area contributed by atoms with Crippen molar-refractivity contribution in [2.45, 2.75) is 12.7 Å². The highest BCUT2D eigenvalue weighted by Crippen LogP contribution is 2.22. The van der Waals surface area contributed by atoms with Crippen molar-refractivity contribution in [1.29, 1.82) is 0 Å². The summed E-state index contributed by atoms with van der Waals surface area (Å²) >= 11 is 11.8. The second kappa shape index (κ2) is 7.21. The summed E-state index contributed by atoms with van der Waals surface area (Å²) in [6.45, 7) is 1.96. The molecule has 1 unspecified atom stereocenters. The van der Waals surface area contributed by atoms with Crippen LogP contribution in [0.15, 0.2) is 42.5 Å². The van der Waals surface area contributed by atoms with Crippen LogP contribution in [0.3, 0.4) is 0 Å². The van der Waals surface area contributed by atoms with Crippen LogP contribution < -0.4 is 0 Å². The van der Waals surface area contributed by atoms with Crippen LogP contribution in [0.5, 0.6) is 0 Å². The number of aryl methyl sites for hydroxylation is 1. The molecular formula is C16H14Cl2O2S. The lowest BCUT2D eigenvalue weighted by atomic mass is 10.1. The van der Waals surface area contributed by atoms with Gasteiger partial charge in [-0.2, -0.15) is 0 Å². The van der Waals surface area contributed by atoms with E-state index in [0.717, 1.165) is 11.1 Å². The highest BCUT2D eigenvalue weighted by atomic mass is 35.5. The summed E-state index contributed by atoms with van der Waals surface area (Å²) in [5.74, 6) is 0.0860. The van der Waals surface area contributed by atoms with Gasteiger partial charge < -0.3 is 0 Å². The Balaban J connectivity index is 2.06. The summed E-state index contributed by atoms with van der Waals surface area (Å²) in [5.41, 5.74) is 2.42. The third kappa shape index (κ3) is 4.40. The van der Waals surface area contributed by atoms with Crippen LogP contribution in [-0.2, 0) is 16.6 Å². The zero-order valence-corrected chi connectivity index (χ0v) is 13.8. The Labute approximate surface area is 136 Å². The Hall–Kier alpha value is -1.16. The van der Waals surface area contributed by atoms with Gasteiger partial charge in [0.25, 0.3) is 0 Å². The molecule has 2 aromatic rings. The maximum absolute atomic E-state index is 12.1. The molecule has 5 heteroatoms. The van der Waals surface area contributed by atoms with Gasteiger partial charge in [0.05, 0.1) is 10.8 Å². The first-order chi connectivity index (χ1) is 9.97. The number of Topliss-reactive ketones (excluding diaryl/α,β-unsaturated/α-hetero) is 1. The molecule has 0 amide bonds. The molecule has 0 heterocycles. The van der Waals surface area contributed by atoms with E-state index in [0.29, 0.717) is 21.4 Å². The largest absolute Gasteiger partial charge is 0.293 e. The van der Waals surface area contributed by atoms with Crippen molar-refractivity contribution in [3.63, 3.8) is 0 Å². The molecule has 0 fully saturated rings. The summed E-state index contributed by atoms with van der Waals surface area (Å²) in [5, 5.41) is 0.762. The Morgan fingerprint density at radius 2 is 1.86 bits per heavy atom. The molecule has 110 valence electrons. The first kappa shape index (κ1) is 16.2. The third-order valence-electron chi connectivity index (χ3n) is 3.10. The molecule has 0 radical (unpaired) electrons. The number of hydrogen-bond acceptors (Lipinski definition) is 2. The molecule has 0 aliphatic carbocycles. The van der Waals surface area contributed by atoms with Gasteiger partial charge in [-0.1, -0.05) is 47.5 Å². The predicted octanol–water partition coefficient (Wildman–Crippen LogP) is 4.43. The molecule has 0 aromatic heterocycles. The number of ketones is 1. The van der Waals surface area contributed by atoms with Crippen molar-refractivity contribution in [3.8, 4) is 0 Å². The molecule has 0 bridgehead atoms. The van der Waals surface area contributed by atoms with Gasteiger partial charge in [-0.25, -0.2) is 0 Å². The second-order valence-corrected chi connectivity index (χ2v) is 7.00. The molecule has 0 saturated carbocycles. The maximum Gasteiger partial charge on any atom is 0.176 e. The molecule has 2 aromatic carbocycles. The van der Waals surface area contributed by atoms with Gasteiger partial charge in [0.2, 0.25) is 0 Å². The van der Waals surface area contributed by atoms with Crippen molar-refractivity contribution >= 4 is 39.8 Å². The summed E-state index contributed by atoms with van der Waals surface area (Å²) < 4.78 is 12.1. The van der Waals surface area contributed by atoms with E-state index in [4.69, 9.17) is 23.2 Å². The lowest BCUT2D eigenvalue weighted by Gasteiger charge is -2.06. The van der Waals surface area contributed by atoms with Gasteiger partial charge in [-0.3, -0.25) is 9.00 Å². The SMILES string of the molecule is Cc1ccccc1CS(=O)CC(=O)c1ccc(Cl)cc1Cl. The molecule has 0 spiro atoms. The van der Waals surface area contributed by atoms with Crippen LogP contribution in [0.4, 0.5) is 0 Å². The number of halogens is 2. The van der Waals surface area contributed by atoms with Gasteiger partial charge in [0, 0.05) is 27.1 Å². The number of carbonyl (C=O) groups is 1. The van der Waals surface area contributed by atoms with Crippen LogP contribution >= 0.6 is 23.2 Å². The highest BCUT2D eigenvalue weighted by Gasteiger charge is 2.15. The van der Waals surface area contributed by atoms with E-state index in [1.165, 1.54) is 6.07 Å². The predicted molar refractivity (Wildman–Crippen MR) is 88.7 cm³/mol. The van der Waals surface area contributed by atoms with E-state index in [-0.39, 0.29) is 11.5 Å². The van der Waals surface area contributed by atoms with Crippen LogP contribution in [0.2, 0.25) is 10.0 Å². The van der Waals surface area contributed by atoms with E-state index < -0.39 is 10.8 Å². The van der Waals surface area contributed by atoms with Crippen molar-refractivity contribution in [1.82, 2.24) is 0 Å². The number of carbonyl (C=O) groups excluding carboxylic acids is 1. The topological polar surface area (TPSA) is 34.1 Å². The fourth-order valence-corrected chi connectivity index (χ4v) is 3.67. The third-order valence-corrected chi connectivity index (χ3v) is 4.87. The minimum Gasteiger partial charge on any atom is -0.293 e. The summed E-state index contributed by atoms with van der Waals surface area (Å²) in [7, 11) is -1.27. The average Bonchev–Trinajstić information content (AvgIpc) is 2.41. The van der Waals surface area contributed by atoms with Gasteiger partial charge >= 0.3 is 0 Å². The molecule has 1 atom stereocenters. The van der Waals surface area contributed by atoms with E-state index in [1.807, 2.05) is 31.2 Å². The molecule has 0 saturated heterocycles. The van der Waals surface area contributed by atoms with Crippen LogP contribution in [0, 0.1) is 6.92 Å². The van der Waals surface area contributed by atoms with E-state index in [9.17, 15) is 9.00 Å². The smallest absolute Gasteiger partial charge is 0.176 e. The van der Waals surface area contributed by atoms with Gasteiger partial charge in [0.1, 0.15) is 0 Å². The van der Waals surface area contributed by atoms with E-state index in [2.05, 4.69) is 0 Å². The summed E-state index contributed by atoms with van der Waals surface area (Å²) in [6, 6.07) is 12.4. The van der Waals surface area contributed by atoms with Crippen molar-refractivity contribution < 1.29 is 9.00 Å². The van der Waals surface area contributed by atoms with Crippen molar-refractivity contribution in [3.05, 3.63) is 69.2 Å². The number of benzene rings is 2. The normalized spacial score (nSPS) is 12.1. The summed E-state index contributed by atoms with van der Waals surface area (Å²) in [4.78, 5) is 12.1. The maximum atomic E-state index is 12.1. The van der Waals surface area contributed by atoms with Crippen molar-refractivity contribution in [2.24, 2.45) is 0 Å². The van der Waals surface area contributed by atoms with Crippen molar-refractivity contribution in [2.75, 3.05) is 5.75 Å². The molecular weight excluding hydrogens is 327 g/mol. The monoisotopic (exact) mass is 340 g/mol. The Bertz CT molecular complexity index is 698. The van der Waals surface area contributed by atoms with Gasteiger partial charge in [0.15, 0.2) is 5.78 Å². The fraction of sp³-hybridized carbons (Fsp3) is 0.188. The first-order valence-corrected chi connectivity index (χ1v) is 8.59. The van der Waals surface area contributed by atoms with E-state index in [1.54, 1.807) is 12.1 Å². The minimum absolute atomic E-state index is 0.0459. The zero-order valence-electron chi connectivity index (χ0n) is 11.4. The fourth-order valence-electron chi connectivity index (χ4n) is 1.94. The second-order valence-electron chi connectivity index (χ2n) is 4.70. The highest BCUT2D eigenvalue weighted by molar-refractivity contribution is 7.85. The lowest BCUT2D eigenvalue weighted by molar-refractivity contribution is 0.102. The molecule has 2 nitrogen and oxygen atoms in total. The zero-order chi connectivity index (χ0) is 15.4. The molecule has 0 N–H and O–H groups in total. The lowest BCUT2D eigenvalue weighted by Crippen LogP contribution is -2.13. The standard InChI is InChI=1S/C16H14Cl2O2S/c1-11-4-2-3-5-12(11)9-21(20)10-16(19)14-7-6-13(17)8-15(14)18/h2-8H,9-10H2,1H3. The van der Waals surface area contributed by atoms with Crippen LogP contribution in [-0.4, -0.2) is 15.7 Å². The Kier molecular flexibility index (Phi) is 5.57. The summed E-state index contributed by atoms with van der Waals surface area (Å²) in [6.07, 6.45) is 0. The number of rotatable bonds is 5. The van der Waals surface area contributed by atoms with Gasteiger partial charge in [-0.15, -0.1) is 0 Å². The van der Waals surface area contributed by atoms with Crippen LogP contribution in [0.25, 0.3) is 0 Å². The molecule has 2 rings (SSSR count). The van der Waals surface area contributed by atoms with Crippen LogP contribution in [0.1, 0.15) is 21.5 Å². The molecule has 0 aliphatic rings.